The normalized spacial score (nSPS) is 20.0. The molecule has 1 aliphatic heterocycles. The van der Waals surface area contributed by atoms with Gasteiger partial charge in [0.1, 0.15) is 6.04 Å². The average molecular weight is 701 g/mol. The van der Waals surface area contributed by atoms with Crippen LogP contribution in [0.15, 0.2) is 66.7 Å². The van der Waals surface area contributed by atoms with E-state index in [2.05, 4.69) is 31.3 Å². The molecule has 2 fully saturated rings. The lowest BCUT2D eigenvalue weighted by Gasteiger charge is -2.41. The van der Waals surface area contributed by atoms with Crippen LogP contribution in [-0.4, -0.2) is 89.5 Å². The van der Waals surface area contributed by atoms with Crippen molar-refractivity contribution in [2.24, 2.45) is 17.6 Å². The topological polar surface area (TPSA) is 199 Å². The van der Waals surface area contributed by atoms with Crippen molar-refractivity contribution in [2.45, 2.75) is 45.1 Å². The SMILES string of the molecule is Cc1cc(C(=O)N2CCS(O)(O)CC2)ccc1-c1ccc(C[C@H](NC(=O)C2CCC(CN)CC2)C(=O)Nc2ccc(-c3nn[nH]n3)cc2)cc1. The molecule has 3 aromatic carbocycles. The molecule has 0 unspecified atom stereocenters. The highest BCUT2D eigenvalue weighted by Crippen LogP contribution is 2.40. The first kappa shape index (κ1) is 35.2. The number of aromatic nitrogens is 4. The largest absolute Gasteiger partial charge is 0.344 e. The number of nitrogens with two attached hydrogens (primary N) is 1. The molecule has 50 heavy (non-hydrogen) atoms. The molecule has 4 aromatic rings. The molecule has 2 heterocycles. The van der Waals surface area contributed by atoms with E-state index in [9.17, 15) is 23.5 Å². The third kappa shape index (κ3) is 8.56. The Morgan fingerprint density at radius 3 is 2.26 bits per heavy atom. The first-order valence-corrected chi connectivity index (χ1v) is 18.8. The molecule has 1 saturated heterocycles. The lowest BCUT2D eigenvalue weighted by molar-refractivity contribution is -0.130. The maximum atomic E-state index is 13.7. The molecule has 14 heteroatoms. The van der Waals surface area contributed by atoms with Gasteiger partial charge in [-0.15, -0.1) is 10.2 Å². The fourth-order valence-corrected chi connectivity index (χ4v) is 7.89. The highest BCUT2D eigenvalue weighted by Gasteiger charge is 2.30. The zero-order valence-corrected chi connectivity index (χ0v) is 28.9. The molecule has 6 rings (SSSR count). The van der Waals surface area contributed by atoms with Gasteiger partial charge in [0.15, 0.2) is 0 Å². The van der Waals surface area contributed by atoms with Gasteiger partial charge in [-0.2, -0.15) is 15.8 Å². The molecule has 2 aliphatic rings. The summed E-state index contributed by atoms with van der Waals surface area (Å²) >= 11 is 0. The van der Waals surface area contributed by atoms with Crippen molar-refractivity contribution >= 4 is 34.0 Å². The van der Waals surface area contributed by atoms with E-state index in [4.69, 9.17) is 5.73 Å². The highest BCUT2D eigenvalue weighted by atomic mass is 32.3. The molecule has 0 radical (unpaired) electrons. The summed E-state index contributed by atoms with van der Waals surface area (Å²) in [5.41, 5.74) is 11.5. The second-order valence-electron chi connectivity index (χ2n) is 13.2. The van der Waals surface area contributed by atoms with Crippen molar-refractivity contribution in [3.05, 3.63) is 83.4 Å². The zero-order valence-electron chi connectivity index (χ0n) is 28.0. The standard InChI is InChI=1S/C36H44N8O5S/c1-23-20-29(36(47)44-16-18-50(48,49)19-17-44)12-15-31(23)26-6-2-24(3-7-26)21-32(39-34(45)28-8-4-25(22-37)5-9-28)35(46)38-30-13-10-27(11-14-30)33-40-42-43-41-33/h2-3,6-7,10-15,20,25,28,32,48-49H,4-5,8-9,16-19,21-22,37H2,1H3,(H,38,46)(H,39,45)(H,40,41,42,43)/t25?,28?,32-/m0/s1. The summed E-state index contributed by atoms with van der Waals surface area (Å²) in [6.45, 7) is 3.23. The van der Waals surface area contributed by atoms with Crippen LogP contribution < -0.4 is 16.4 Å². The Bertz CT molecular complexity index is 1780. The van der Waals surface area contributed by atoms with Gasteiger partial charge in [-0.25, -0.2) is 0 Å². The number of tetrazole rings is 1. The number of aryl methyl sites for hydroxylation is 1. The molecular weight excluding hydrogens is 657 g/mol. The van der Waals surface area contributed by atoms with Crippen LogP contribution in [0.5, 0.6) is 0 Å². The minimum absolute atomic E-state index is 0.118. The summed E-state index contributed by atoms with van der Waals surface area (Å²) in [5, 5.41) is 20.0. The van der Waals surface area contributed by atoms with Crippen molar-refractivity contribution in [1.82, 2.24) is 30.8 Å². The van der Waals surface area contributed by atoms with E-state index in [1.54, 1.807) is 35.2 Å². The van der Waals surface area contributed by atoms with E-state index in [0.717, 1.165) is 53.5 Å². The van der Waals surface area contributed by atoms with E-state index in [-0.39, 0.29) is 35.1 Å². The van der Waals surface area contributed by atoms with Crippen LogP contribution in [0.3, 0.4) is 0 Å². The first-order chi connectivity index (χ1) is 24.1. The fraction of sp³-hybridized carbons (Fsp3) is 0.389. The van der Waals surface area contributed by atoms with E-state index in [1.165, 1.54) is 0 Å². The van der Waals surface area contributed by atoms with Gasteiger partial charge in [0.25, 0.3) is 5.91 Å². The van der Waals surface area contributed by atoms with Gasteiger partial charge >= 0.3 is 0 Å². The third-order valence-electron chi connectivity index (χ3n) is 9.78. The van der Waals surface area contributed by atoms with Gasteiger partial charge in [0, 0.05) is 42.2 Å². The molecule has 3 amide bonds. The number of carbonyl (C=O) groups excluding carboxylic acids is 3. The fourth-order valence-electron chi connectivity index (χ4n) is 6.66. The maximum absolute atomic E-state index is 13.7. The molecular formula is C36H44N8O5S. The Morgan fingerprint density at radius 1 is 0.960 bits per heavy atom. The smallest absolute Gasteiger partial charge is 0.253 e. The van der Waals surface area contributed by atoms with E-state index in [1.807, 2.05) is 43.3 Å². The summed E-state index contributed by atoms with van der Waals surface area (Å²) < 4.78 is 19.8. The van der Waals surface area contributed by atoms with E-state index in [0.29, 0.717) is 49.0 Å². The number of nitrogens with zero attached hydrogens (tertiary/aromatic N) is 4. The minimum Gasteiger partial charge on any atom is -0.344 e. The number of rotatable bonds is 10. The molecule has 1 aromatic heterocycles. The molecule has 1 aliphatic carbocycles. The molecule has 264 valence electrons. The van der Waals surface area contributed by atoms with Crippen molar-refractivity contribution in [2.75, 3.05) is 36.5 Å². The second-order valence-corrected chi connectivity index (χ2v) is 15.7. The van der Waals surface area contributed by atoms with E-state index < -0.39 is 16.6 Å². The number of anilines is 1. The number of carbonyl (C=O) groups is 3. The van der Waals surface area contributed by atoms with Gasteiger partial charge in [0.2, 0.25) is 17.6 Å². The van der Waals surface area contributed by atoms with Gasteiger partial charge in [-0.3, -0.25) is 23.5 Å². The van der Waals surface area contributed by atoms with Crippen LogP contribution in [0.2, 0.25) is 0 Å². The van der Waals surface area contributed by atoms with Crippen molar-refractivity contribution in [1.29, 1.82) is 0 Å². The molecule has 7 N–H and O–H groups in total. The Labute approximate surface area is 292 Å². The number of nitrogens with one attached hydrogen (secondary N) is 3. The Balaban J connectivity index is 1.14. The lowest BCUT2D eigenvalue weighted by Crippen LogP contribution is -2.48. The van der Waals surface area contributed by atoms with Crippen molar-refractivity contribution in [3.8, 4) is 22.5 Å². The quantitative estimate of drug-likeness (QED) is 0.138. The van der Waals surface area contributed by atoms with Crippen LogP contribution >= 0.6 is 10.6 Å². The summed E-state index contributed by atoms with van der Waals surface area (Å²) in [7, 11) is -2.58. The zero-order chi connectivity index (χ0) is 35.3. The van der Waals surface area contributed by atoms with Crippen LogP contribution in [0.4, 0.5) is 5.69 Å². The number of benzene rings is 3. The number of H-pyrrole nitrogens is 1. The maximum Gasteiger partial charge on any atom is 0.253 e. The molecule has 1 atom stereocenters. The number of hydrogen-bond donors (Lipinski definition) is 6. The van der Waals surface area contributed by atoms with Gasteiger partial charge < -0.3 is 21.3 Å². The third-order valence-corrected chi connectivity index (χ3v) is 11.5. The number of amides is 3. The summed E-state index contributed by atoms with van der Waals surface area (Å²) in [6.07, 6.45) is 3.61. The average Bonchev–Trinajstić information content (AvgIpc) is 3.67. The highest BCUT2D eigenvalue weighted by molar-refractivity contribution is 8.24. The molecule has 13 nitrogen and oxygen atoms in total. The summed E-state index contributed by atoms with van der Waals surface area (Å²) in [4.78, 5) is 41.9. The van der Waals surface area contributed by atoms with Crippen molar-refractivity contribution in [3.63, 3.8) is 0 Å². The van der Waals surface area contributed by atoms with Crippen LogP contribution in [-0.2, 0) is 16.0 Å². The van der Waals surface area contributed by atoms with Crippen LogP contribution in [0, 0.1) is 18.8 Å². The first-order valence-electron chi connectivity index (χ1n) is 17.0. The lowest BCUT2D eigenvalue weighted by atomic mass is 9.81. The van der Waals surface area contributed by atoms with E-state index >= 15 is 0 Å². The predicted octanol–water partition coefficient (Wildman–Crippen LogP) is 4.48. The van der Waals surface area contributed by atoms with Crippen molar-refractivity contribution < 1.29 is 23.5 Å². The number of hydrogen-bond acceptors (Lipinski definition) is 9. The van der Waals surface area contributed by atoms with Gasteiger partial charge in [-0.05, 0) is 109 Å². The Hall–Kier alpha value is -4.63. The summed E-state index contributed by atoms with van der Waals surface area (Å²) in [6, 6.07) is 19.8. The Morgan fingerprint density at radius 2 is 1.64 bits per heavy atom. The van der Waals surface area contributed by atoms with Crippen LogP contribution in [0.1, 0.15) is 47.2 Å². The Kier molecular flexibility index (Phi) is 10.9. The van der Waals surface area contributed by atoms with Crippen LogP contribution in [0.25, 0.3) is 22.5 Å². The monoisotopic (exact) mass is 700 g/mol. The second kappa shape index (κ2) is 15.5. The van der Waals surface area contributed by atoms with Gasteiger partial charge in [-0.1, -0.05) is 30.3 Å². The molecule has 1 saturated carbocycles. The molecule has 0 bridgehead atoms. The number of aromatic amines is 1. The summed E-state index contributed by atoms with van der Waals surface area (Å²) in [5.74, 6) is 0.588. The molecule has 0 spiro atoms. The predicted molar refractivity (Wildman–Crippen MR) is 193 cm³/mol. The van der Waals surface area contributed by atoms with Gasteiger partial charge in [0.05, 0.1) is 11.5 Å². The minimum atomic E-state index is -2.58.